The molecule has 12 rings (SSSR count). The summed E-state index contributed by atoms with van der Waals surface area (Å²) in [5.41, 5.74) is 3.88. The van der Waals surface area contributed by atoms with E-state index in [9.17, 15) is 19.5 Å². The number of aliphatic hydroxyl groups excluding tert-OH is 1. The number of amides is 3. The molecule has 3 aromatic carbocycles. The number of β-amino-alcohol motifs (C(OH)–C–C–N with tert-alkyl or cyclic N) is 1. The molecule has 8 atom stereocenters. The Morgan fingerprint density at radius 3 is 2.47 bits per heavy atom. The molecule has 2 N–H and O–H groups in total. The zero-order chi connectivity index (χ0) is 59.6. The number of terminal acetylenes is 1. The second kappa shape index (κ2) is 22.9. The van der Waals surface area contributed by atoms with E-state index >= 15 is 8.78 Å². The summed E-state index contributed by atoms with van der Waals surface area (Å²) in [6.45, 7) is 15.3. The van der Waals surface area contributed by atoms with Crippen LogP contribution in [0.15, 0.2) is 76.9 Å². The van der Waals surface area contributed by atoms with Crippen LogP contribution >= 0.6 is 11.3 Å². The first-order valence-corrected chi connectivity index (χ1v) is 30.2. The smallest absolute Gasteiger partial charge is 0.410 e. The van der Waals surface area contributed by atoms with Crippen LogP contribution in [0.25, 0.3) is 43.4 Å². The summed E-state index contributed by atoms with van der Waals surface area (Å²) in [6.07, 6.45) is 11.0. The zero-order valence-corrected chi connectivity index (χ0v) is 49.6. The number of ether oxygens (including phenoxy) is 3. The van der Waals surface area contributed by atoms with Crippen molar-refractivity contribution in [2.75, 3.05) is 44.3 Å². The van der Waals surface area contributed by atoms with Gasteiger partial charge in [0.05, 0.1) is 56.8 Å². The molecule has 1 unspecified atom stereocenters. The number of pyridine rings is 1. The quantitative estimate of drug-likeness (QED) is 0.0918. The highest BCUT2D eigenvalue weighted by atomic mass is 32.1. The highest BCUT2D eigenvalue weighted by Crippen LogP contribution is 2.45. The second-order valence-corrected chi connectivity index (χ2v) is 25.6. The molecule has 0 aliphatic carbocycles. The Bertz CT molecular complexity index is 3740. The summed E-state index contributed by atoms with van der Waals surface area (Å²) in [6, 6.07) is 16.1. The molecule has 85 heavy (non-hydrogen) atoms. The summed E-state index contributed by atoms with van der Waals surface area (Å²) < 4.78 is 57.5. The number of hydrogen-bond donors (Lipinski definition) is 2. The molecular weight excluding hydrogens is 1110 g/mol. The maximum Gasteiger partial charge on any atom is 0.410 e. The summed E-state index contributed by atoms with van der Waals surface area (Å²) in [4.78, 5) is 69.6. The monoisotopic (exact) mass is 1180 g/mol. The Morgan fingerprint density at radius 1 is 0.976 bits per heavy atom. The van der Waals surface area contributed by atoms with Crippen LogP contribution in [0.5, 0.6) is 11.9 Å². The first kappa shape index (κ1) is 57.6. The Kier molecular flexibility index (Phi) is 15.5. The number of hydrogen-bond acceptors (Lipinski definition) is 16. The average molecular weight is 1180 g/mol. The molecule has 18 nitrogen and oxygen atoms in total. The topological polar surface area (TPSA) is 202 Å². The number of carbonyl (C=O) groups excluding carboxylic acids is 3. The lowest BCUT2D eigenvalue weighted by Gasteiger charge is -2.42. The molecule has 5 saturated heterocycles. The highest BCUT2D eigenvalue weighted by molar-refractivity contribution is 7.13. The normalized spacial score (nSPS) is 22.9. The fourth-order valence-electron chi connectivity index (χ4n) is 13.7. The number of aryl methyl sites for hydroxylation is 1. The van der Waals surface area contributed by atoms with E-state index in [1.807, 2.05) is 83.1 Å². The van der Waals surface area contributed by atoms with Crippen molar-refractivity contribution >= 4 is 56.7 Å². The lowest BCUT2D eigenvalue weighted by atomic mass is 9.91. The number of anilines is 1. The van der Waals surface area contributed by atoms with Crippen molar-refractivity contribution in [2.24, 2.45) is 5.92 Å². The molecule has 444 valence electrons. The largest absolute Gasteiger partial charge is 0.474 e. The molecule has 21 heteroatoms. The summed E-state index contributed by atoms with van der Waals surface area (Å²) in [7, 11) is 0. The van der Waals surface area contributed by atoms with Crippen molar-refractivity contribution < 1.29 is 47.0 Å². The van der Waals surface area contributed by atoms with Crippen molar-refractivity contribution in [3.8, 4) is 45.9 Å². The van der Waals surface area contributed by atoms with E-state index in [0.29, 0.717) is 46.4 Å². The first-order valence-electron chi connectivity index (χ1n) is 29.4. The molecule has 0 radical (unpaired) electrons. The van der Waals surface area contributed by atoms with Crippen LogP contribution in [0.1, 0.15) is 121 Å². The number of benzene rings is 3. The number of aliphatic hydroxyl groups is 1. The number of thiazole rings is 1. The first-order chi connectivity index (χ1) is 40.8. The Morgan fingerprint density at radius 2 is 1.75 bits per heavy atom. The van der Waals surface area contributed by atoms with Crippen LogP contribution < -0.4 is 19.7 Å². The number of nitrogens with one attached hydrogen (secondary N) is 1. The van der Waals surface area contributed by atoms with Gasteiger partial charge in [0.25, 0.3) is 5.88 Å². The van der Waals surface area contributed by atoms with Crippen LogP contribution in [-0.2, 0) is 14.3 Å². The number of carbonyl (C=O) groups is 3. The fraction of sp³-hybridized carbons (Fsp3) is 0.469. The third kappa shape index (κ3) is 11.0. The van der Waals surface area contributed by atoms with E-state index in [-0.39, 0.29) is 103 Å². The molecule has 9 heterocycles. The van der Waals surface area contributed by atoms with Gasteiger partial charge < -0.3 is 39.0 Å². The van der Waals surface area contributed by atoms with Crippen molar-refractivity contribution in [2.45, 2.75) is 147 Å². The van der Waals surface area contributed by atoms with Gasteiger partial charge in [0, 0.05) is 55.3 Å². The van der Waals surface area contributed by atoms with Crippen LogP contribution in [0, 0.1) is 36.8 Å². The van der Waals surface area contributed by atoms with Crippen LogP contribution in [-0.4, -0.2) is 144 Å². The van der Waals surface area contributed by atoms with Crippen molar-refractivity contribution in [3.05, 3.63) is 107 Å². The predicted molar refractivity (Wildman–Crippen MR) is 317 cm³/mol. The SMILES string of the molecule is C#Cc1c(F)ccc2cccc(-c3ncc4c(N5C[C@H]6CC[C@@H](C5)N6C(=O)OC(C)(C)C)nc(OC[C@@]56CCCN5[C@H](COc5cc(C(C(=O)N7C[C@H](O)C[C@H]7C(=O)N[C@@H](C)c7ccc(-c8scnc8C)cc7)C(C)C)on5)CC6)nc4c3F)c12. The number of rotatable bonds is 15. The molecule has 3 amide bonds. The van der Waals surface area contributed by atoms with E-state index in [4.69, 9.17) is 35.1 Å². The second-order valence-electron chi connectivity index (χ2n) is 24.8. The molecule has 0 spiro atoms. The molecular formula is C64H70F2N10O8S. The fourth-order valence-corrected chi connectivity index (χ4v) is 14.5. The standard InChI is InChI=1S/C64H70F2N10O8S/c1-9-45-48(65)21-18-39-12-10-13-46(53(39)45)55-54(66)56-47(28-67-55)58(73-29-41-19-20-42(30-73)76(41)62(80)83-63(6,7)8)71-61(70-56)82-33-64-23-11-25-75(64)43(22-24-64)32-81-51-27-50(84-72-51)52(35(2)3)60(79)74-31-44(77)26-49(74)59(78)69-36(4)38-14-16-40(17-15-38)57-37(5)68-34-85-57/h1,10,12-18,21,27-28,34-36,41-44,49,52,77H,11,19-20,22-26,29-33H2,2-8H3,(H,69,78)/t36-,41-,42+,43-,44+,49-,52?,64-/m0/s1. The number of likely N-dealkylation sites (tertiary alicyclic amines) is 1. The van der Waals surface area contributed by atoms with Gasteiger partial charge in [0.15, 0.2) is 11.6 Å². The zero-order valence-electron chi connectivity index (χ0n) is 48.8. The molecule has 5 aliphatic heterocycles. The maximum atomic E-state index is 17.5. The summed E-state index contributed by atoms with van der Waals surface area (Å²) in [5, 5.41) is 19.6. The molecule has 4 aromatic heterocycles. The van der Waals surface area contributed by atoms with Gasteiger partial charge in [-0.15, -0.1) is 17.8 Å². The minimum atomic E-state index is -0.891. The van der Waals surface area contributed by atoms with E-state index in [1.54, 1.807) is 47.9 Å². The highest BCUT2D eigenvalue weighted by Gasteiger charge is 2.51. The van der Waals surface area contributed by atoms with Gasteiger partial charge in [-0.2, -0.15) is 9.97 Å². The third-order valence-corrected chi connectivity index (χ3v) is 18.7. The average Bonchev–Trinajstić information content (AvgIpc) is 2.31. The maximum absolute atomic E-state index is 17.5. The van der Waals surface area contributed by atoms with Gasteiger partial charge in [-0.3, -0.25) is 24.4 Å². The van der Waals surface area contributed by atoms with E-state index in [0.717, 1.165) is 66.8 Å². The summed E-state index contributed by atoms with van der Waals surface area (Å²) in [5.74, 6) is 0.289. The lowest BCUT2D eigenvalue weighted by molar-refractivity contribution is -0.141. The Hall–Kier alpha value is -7.80. The van der Waals surface area contributed by atoms with Crippen LogP contribution in [0.2, 0.25) is 0 Å². The molecule has 5 fully saturated rings. The van der Waals surface area contributed by atoms with Gasteiger partial charge in [0.1, 0.15) is 53.6 Å². The molecule has 2 bridgehead atoms. The number of aromatic nitrogens is 5. The number of fused-ring (bicyclic) bond motifs is 5. The minimum Gasteiger partial charge on any atom is -0.474 e. The number of halogens is 2. The number of nitrogens with zero attached hydrogens (tertiary/aromatic N) is 9. The van der Waals surface area contributed by atoms with E-state index < -0.39 is 40.8 Å². The predicted octanol–water partition coefficient (Wildman–Crippen LogP) is 10.1. The molecule has 7 aromatic rings. The third-order valence-electron chi connectivity index (χ3n) is 17.7. The lowest BCUT2D eigenvalue weighted by Crippen LogP contribution is -2.57. The molecule has 0 saturated carbocycles. The van der Waals surface area contributed by atoms with Crippen molar-refractivity contribution in [1.82, 2.24) is 45.1 Å². The van der Waals surface area contributed by atoms with E-state index in [1.165, 1.54) is 11.0 Å². The van der Waals surface area contributed by atoms with Gasteiger partial charge in [-0.1, -0.05) is 68.3 Å². The van der Waals surface area contributed by atoms with Crippen molar-refractivity contribution in [3.63, 3.8) is 0 Å². The van der Waals surface area contributed by atoms with E-state index in [2.05, 4.69) is 36.2 Å². The van der Waals surface area contributed by atoms with Gasteiger partial charge in [-0.25, -0.2) is 18.6 Å². The van der Waals surface area contributed by atoms with Gasteiger partial charge >= 0.3 is 12.1 Å². The van der Waals surface area contributed by atoms with Gasteiger partial charge in [-0.05, 0) is 113 Å². The van der Waals surface area contributed by atoms with Crippen LogP contribution in [0.3, 0.4) is 0 Å². The Balaban J connectivity index is 0.747. The number of piperazine rings is 1. The molecule has 5 aliphatic rings. The minimum absolute atomic E-state index is 0.000427. The Labute approximate surface area is 496 Å². The van der Waals surface area contributed by atoms with Crippen molar-refractivity contribution in [1.29, 1.82) is 0 Å². The van der Waals surface area contributed by atoms with Gasteiger partial charge in [0.2, 0.25) is 11.8 Å². The van der Waals surface area contributed by atoms with Crippen LogP contribution in [0.4, 0.5) is 19.4 Å². The summed E-state index contributed by atoms with van der Waals surface area (Å²) >= 11 is 1.57.